The molecule has 1 aromatic rings. The Balaban J connectivity index is 3.02. The Kier molecular flexibility index (Phi) is 4.99. The van der Waals surface area contributed by atoms with Crippen LogP contribution in [0.15, 0.2) is 24.3 Å². The van der Waals surface area contributed by atoms with Gasteiger partial charge in [-0.15, -0.1) is 0 Å². The van der Waals surface area contributed by atoms with Crippen LogP contribution in [0, 0.1) is 0 Å². The zero-order valence-electron chi connectivity index (χ0n) is 10.3. The molecule has 0 aliphatic rings. The number of hydrogen-bond acceptors (Lipinski definition) is 2. The molecule has 0 bridgehead atoms. The summed E-state index contributed by atoms with van der Waals surface area (Å²) in [5.74, 6) is -3.71. The topological polar surface area (TPSA) is 57.6 Å². The average Bonchev–Trinajstić information content (AvgIpc) is 2.35. The van der Waals surface area contributed by atoms with Crippen molar-refractivity contribution in [1.29, 1.82) is 0 Å². The number of carboxylic acids is 1. The van der Waals surface area contributed by atoms with E-state index in [1.165, 1.54) is 24.3 Å². The third kappa shape index (κ3) is 4.12. The van der Waals surface area contributed by atoms with Crippen molar-refractivity contribution >= 4 is 23.5 Å². The maximum atomic E-state index is 12.5. The summed E-state index contributed by atoms with van der Waals surface area (Å²) in [5, 5.41) is 9.19. The number of hydrogen-bond donors (Lipinski definition) is 1. The van der Waals surface area contributed by atoms with Crippen LogP contribution >= 0.6 is 11.6 Å². The van der Waals surface area contributed by atoms with E-state index in [-0.39, 0.29) is 4.90 Å². The molecular weight excluding hydrogens is 299 g/mol. The van der Waals surface area contributed by atoms with Crippen LogP contribution in [0.2, 0.25) is 5.02 Å². The summed E-state index contributed by atoms with van der Waals surface area (Å²) >= 11 is 5.64. The Bertz CT molecular complexity index is 502. The van der Waals surface area contributed by atoms with E-state index >= 15 is 0 Å². The lowest BCUT2D eigenvalue weighted by molar-refractivity contribution is -0.190. The van der Waals surface area contributed by atoms with E-state index in [1.54, 1.807) is 0 Å². The van der Waals surface area contributed by atoms with Gasteiger partial charge in [0.2, 0.25) is 0 Å². The first-order valence-corrected chi connectivity index (χ1v) is 5.85. The summed E-state index contributed by atoms with van der Waals surface area (Å²) in [5.41, 5.74) is 0.347. The highest BCUT2D eigenvalue weighted by Gasteiger charge is 2.45. The van der Waals surface area contributed by atoms with Crippen molar-refractivity contribution in [1.82, 2.24) is 4.90 Å². The summed E-state index contributed by atoms with van der Waals surface area (Å²) in [6, 6.07) is 4.14. The third-order valence-corrected chi connectivity index (χ3v) is 2.85. The predicted molar refractivity (Wildman–Crippen MR) is 65.2 cm³/mol. The van der Waals surface area contributed by atoms with Crippen molar-refractivity contribution in [2.45, 2.75) is 25.7 Å². The van der Waals surface area contributed by atoms with Gasteiger partial charge in [-0.2, -0.15) is 13.2 Å². The van der Waals surface area contributed by atoms with Crippen LogP contribution in [0.25, 0.3) is 0 Å². The van der Waals surface area contributed by atoms with Gasteiger partial charge in [-0.3, -0.25) is 4.79 Å². The highest BCUT2D eigenvalue weighted by molar-refractivity contribution is 6.30. The fourth-order valence-corrected chi connectivity index (χ4v) is 1.59. The van der Waals surface area contributed by atoms with Crippen LogP contribution in [-0.2, 0) is 16.1 Å². The number of rotatable bonds is 4. The molecule has 0 aliphatic carbocycles. The van der Waals surface area contributed by atoms with Gasteiger partial charge in [0.25, 0.3) is 0 Å². The highest BCUT2D eigenvalue weighted by atomic mass is 35.5. The normalized spacial score (nSPS) is 12.8. The smallest absolute Gasteiger partial charge is 0.471 e. The largest absolute Gasteiger partial charge is 0.480 e. The van der Waals surface area contributed by atoms with Gasteiger partial charge in [0, 0.05) is 11.6 Å². The molecule has 0 aliphatic heterocycles. The molecule has 0 radical (unpaired) electrons. The van der Waals surface area contributed by atoms with Gasteiger partial charge in [-0.1, -0.05) is 23.7 Å². The van der Waals surface area contributed by atoms with E-state index in [9.17, 15) is 22.8 Å². The molecule has 1 rings (SSSR count). The van der Waals surface area contributed by atoms with Gasteiger partial charge in [0.15, 0.2) is 0 Å². The molecule has 0 saturated heterocycles. The van der Waals surface area contributed by atoms with Crippen molar-refractivity contribution in [3.8, 4) is 0 Å². The van der Waals surface area contributed by atoms with Crippen molar-refractivity contribution in [2.24, 2.45) is 0 Å². The van der Waals surface area contributed by atoms with Gasteiger partial charge in [-0.05, 0) is 24.6 Å². The fourth-order valence-electron chi connectivity index (χ4n) is 1.47. The second-order valence-corrected chi connectivity index (χ2v) is 4.51. The highest BCUT2D eigenvalue weighted by Crippen LogP contribution is 2.22. The first-order chi connectivity index (χ1) is 9.12. The number of carbonyl (C=O) groups is 2. The first-order valence-electron chi connectivity index (χ1n) is 5.48. The standard InChI is InChI=1S/C12H11ClF3NO3/c1-7(10(18)19)17(11(20)12(14,15)16)6-8-2-4-9(13)5-3-8/h2-5,7H,6H2,1H3,(H,18,19)/t7-/m0/s1. The number of alkyl halides is 3. The van der Waals surface area contributed by atoms with Crippen LogP contribution in [0.5, 0.6) is 0 Å². The van der Waals surface area contributed by atoms with Crippen molar-refractivity contribution in [3.05, 3.63) is 34.9 Å². The Labute approximate surface area is 117 Å². The van der Waals surface area contributed by atoms with E-state index in [2.05, 4.69) is 0 Å². The average molecular weight is 310 g/mol. The fraction of sp³-hybridized carbons (Fsp3) is 0.333. The molecule has 0 aromatic heterocycles. The Morgan fingerprint density at radius 3 is 2.20 bits per heavy atom. The van der Waals surface area contributed by atoms with Gasteiger partial charge in [0.1, 0.15) is 6.04 Å². The van der Waals surface area contributed by atoms with Crippen LogP contribution in [-0.4, -0.2) is 34.1 Å². The summed E-state index contributed by atoms with van der Waals surface area (Å²) in [4.78, 5) is 22.4. The molecule has 0 spiro atoms. The zero-order chi connectivity index (χ0) is 15.5. The molecule has 20 heavy (non-hydrogen) atoms. The Morgan fingerprint density at radius 2 is 1.80 bits per heavy atom. The Morgan fingerprint density at radius 1 is 1.30 bits per heavy atom. The summed E-state index contributed by atoms with van der Waals surface area (Å²) in [6.07, 6.45) is -5.13. The number of halogens is 4. The van der Waals surface area contributed by atoms with Gasteiger partial charge in [-0.25, -0.2) is 4.79 Å². The van der Waals surface area contributed by atoms with E-state index < -0.39 is 30.6 Å². The summed E-state index contributed by atoms with van der Waals surface area (Å²) in [7, 11) is 0. The minimum absolute atomic E-state index is 0.256. The lowest BCUT2D eigenvalue weighted by Gasteiger charge is -2.27. The van der Waals surface area contributed by atoms with Crippen LogP contribution in [0.4, 0.5) is 13.2 Å². The monoisotopic (exact) mass is 309 g/mol. The molecule has 1 aromatic carbocycles. The molecule has 1 amide bonds. The van der Waals surface area contributed by atoms with Crippen molar-refractivity contribution in [3.63, 3.8) is 0 Å². The summed E-state index contributed by atoms with van der Waals surface area (Å²) in [6.45, 7) is 0.546. The second-order valence-electron chi connectivity index (χ2n) is 4.07. The van der Waals surface area contributed by atoms with E-state index in [0.29, 0.717) is 10.6 Å². The summed E-state index contributed by atoms with van der Waals surface area (Å²) < 4.78 is 37.5. The molecule has 0 unspecified atom stereocenters. The number of nitrogens with zero attached hydrogens (tertiary/aromatic N) is 1. The minimum atomic E-state index is -5.13. The van der Waals surface area contributed by atoms with E-state index in [1.807, 2.05) is 0 Å². The number of amides is 1. The van der Waals surface area contributed by atoms with Gasteiger partial charge in [0.05, 0.1) is 0 Å². The van der Waals surface area contributed by atoms with Gasteiger partial charge >= 0.3 is 18.1 Å². The third-order valence-electron chi connectivity index (χ3n) is 2.59. The lowest BCUT2D eigenvalue weighted by Crippen LogP contribution is -2.48. The van der Waals surface area contributed by atoms with E-state index in [0.717, 1.165) is 6.92 Å². The van der Waals surface area contributed by atoms with Crippen LogP contribution < -0.4 is 0 Å². The SMILES string of the molecule is C[C@@H](C(=O)O)N(Cc1ccc(Cl)cc1)C(=O)C(F)(F)F. The second kappa shape index (κ2) is 6.13. The lowest BCUT2D eigenvalue weighted by atomic mass is 10.1. The molecule has 4 nitrogen and oxygen atoms in total. The van der Waals surface area contributed by atoms with Crippen molar-refractivity contribution < 1.29 is 27.9 Å². The maximum Gasteiger partial charge on any atom is 0.471 e. The van der Waals surface area contributed by atoms with Crippen LogP contribution in [0.3, 0.4) is 0 Å². The van der Waals surface area contributed by atoms with E-state index in [4.69, 9.17) is 16.7 Å². The van der Waals surface area contributed by atoms with Crippen molar-refractivity contribution in [2.75, 3.05) is 0 Å². The molecular formula is C12H11ClF3NO3. The predicted octanol–water partition coefficient (Wildman–Crippen LogP) is 2.70. The molecule has 110 valence electrons. The quantitative estimate of drug-likeness (QED) is 0.930. The minimum Gasteiger partial charge on any atom is -0.480 e. The number of carbonyl (C=O) groups excluding carboxylic acids is 1. The number of aliphatic carboxylic acids is 1. The molecule has 0 saturated carbocycles. The molecule has 8 heteroatoms. The Hall–Kier alpha value is -1.76. The molecule has 1 atom stereocenters. The molecule has 1 N–H and O–H groups in total. The number of carboxylic acid groups (broad SMARTS) is 1. The zero-order valence-corrected chi connectivity index (χ0v) is 11.1. The number of benzene rings is 1. The first kappa shape index (κ1) is 16.3. The van der Waals surface area contributed by atoms with Crippen LogP contribution in [0.1, 0.15) is 12.5 Å². The molecule has 0 fully saturated rings. The molecule has 0 heterocycles. The maximum absolute atomic E-state index is 12.5. The van der Waals surface area contributed by atoms with Gasteiger partial charge < -0.3 is 10.0 Å².